The Balaban J connectivity index is 1.77. The fourth-order valence-corrected chi connectivity index (χ4v) is 1.74. The number of aryl methyl sites for hydroxylation is 1. The first-order valence-corrected chi connectivity index (χ1v) is 6.75. The molecule has 2 rings (SSSR count). The fourth-order valence-electron chi connectivity index (χ4n) is 1.74. The largest absolute Gasteiger partial charge is 0.490 e. The van der Waals surface area contributed by atoms with E-state index in [0.29, 0.717) is 12.2 Å². The lowest BCUT2D eigenvalue weighted by atomic mass is 10.2. The lowest BCUT2D eigenvalue weighted by molar-refractivity contribution is -0.385. The smallest absolute Gasteiger partial charge is 0.278 e. The highest BCUT2D eigenvalue weighted by molar-refractivity contribution is 5.84. The van der Waals surface area contributed by atoms with Gasteiger partial charge in [-0.05, 0) is 25.1 Å². The van der Waals surface area contributed by atoms with Gasteiger partial charge in [-0.15, -0.1) is 0 Å². The number of nitro benzene ring substituents is 1. The van der Waals surface area contributed by atoms with Crippen LogP contribution in [0.5, 0.6) is 5.75 Å². The van der Waals surface area contributed by atoms with E-state index in [-0.39, 0.29) is 12.3 Å². The van der Waals surface area contributed by atoms with Crippen LogP contribution in [0.25, 0.3) is 0 Å². The highest BCUT2D eigenvalue weighted by atomic mass is 16.6. The zero-order chi connectivity index (χ0) is 15.8. The minimum atomic E-state index is -0.456. The number of ether oxygens (including phenoxy) is 1. The van der Waals surface area contributed by atoms with Crippen molar-refractivity contribution < 1.29 is 14.5 Å². The monoisotopic (exact) mass is 300 g/mol. The topological polar surface area (TPSA) is 74.0 Å². The molecule has 114 valence electrons. The summed E-state index contributed by atoms with van der Waals surface area (Å²) < 4.78 is 5.47. The van der Waals surface area contributed by atoms with Crippen LogP contribution in [0.15, 0.2) is 53.7 Å². The highest BCUT2D eigenvalue weighted by Crippen LogP contribution is 2.15. The summed E-state index contributed by atoms with van der Waals surface area (Å²) in [6, 6.07) is 14.0. The van der Waals surface area contributed by atoms with E-state index in [9.17, 15) is 10.1 Å². The Morgan fingerprint density at radius 3 is 2.59 bits per heavy atom. The van der Waals surface area contributed by atoms with Gasteiger partial charge in [0.25, 0.3) is 5.69 Å². The Morgan fingerprint density at radius 2 is 1.86 bits per heavy atom. The lowest BCUT2D eigenvalue weighted by Crippen LogP contribution is -2.04. The number of hydrogen-bond acceptors (Lipinski definition) is 5. The predicted molar refractivity (Wildman–Crippen MR) is 83.3 cm³/mol. The SMILES string of the molecule is Cc1ccc(OCCO/N=C/c2ccccc2[N+](=O)[O-])cc1. The molecule has 0 unspecified atom stereocenters. The van der Waals surface area contributed by atoms with Gasteiger partial charge >= 0.3 is 0 Å². The summed E-state index contributed by atoms with van der Waals surface area (Å²) in [7, 11) is 0. The number of hydrogen-bond donors (Lipinski definition) is 0. The van der Waals surface area contributed by atoms with Gasteiger partial charge in [0, 0.05) is 6.07 Å². The molecule has 0 bridgehead atoms. The molecule has 0 aliphatic rings. The van der Waals surface area contributed by atoms with E-state index in [1.807, 2.05) is 31.2 Å². The van der Waals surface area contributed by atoms with Crippen LogP contribution in [0.2, 0.25) is 0 Å². The van der Waals surface area contributed by atoms with Crippen LogP contribution in [0, 0.1) is 17.0 Å². The number of rotatable bonds is 7. The average molecular weight is 300 g/mol. The molecule has 0 spiro atoms. The van der Waals surface area contributed by atoms with Gasteiger partial charge < -0.3 is 9.57 Å². The summed E-state index contributed by atoms with van der Waals surface area (Å²) in [5.41, 5.74) is 1.55. The van der Waals surface area contributed by atoms with Crippen LogP contribution in [-0.2, 0) is 4.84 Å². The molecular weight excluding hydrogens is 284 g/mol. The van der Waals surface area contributed by atoms with Crippen molar-refractivity contribution in [3.63, 3.8) is 0 Å². The Kier molecular flexibility index (Phi) is 5.48. The van der Waals surface area contributed by atoms with Gasteiger partial charge in [0.1, 0.15) is 12.4 Å². The molecule has 0 saturated heterocycles. The summed E-state index contributed by atoms with van der Waals surface area (Å²) in [5.74, 6) is 0.761. The van der Waals surface area contributed by atoms with Crippen LogP contribution < -0.4 is 4.74 Å². The molecule has 6 heteroatoms. The van der Waals surface area contributed by atoms with Gasteiger partial charge in [-0.3, -0.25) is 10.1 Å². The lowest BCUT2D eigenvalue weighted by Gasteiger charge is -2.05. The van der Waals surface area contributed by atoms with Crippen molar-refractivity contribution in [2.24, 2.45) is 5.16 Å². The van der Waals surface area contributed by atoms with Gasteiger partial charge in [0.15, 0.2) is 6.61 Å². The summed E-state index contributed by atoms with van der Waals surface area (Å²) in [6.45, 7) is 2.60. The standard InChI is InChI=1S/C16H16N2O4/c1-13-6-8-15(9-7-13)21-10-11-22-17-12-14-4-2-3-5-16(14)18(19)20/h2-9,12H,10-11H2,1H3/b17-12+. The summed E-state index contributed by atoms with van der Waals surface area (Å²) in [4.78, 5) is 15.4. The van der Waals surface area contributed by atoms with Crippen molar-refractivity contribution in [1.29, 1.82) is 0 Å². The predicted octanol–water partition coefficient (Wildman–Crippen LogP) is 3.33. The van der Waals surface area contributed by atoms with E-state index in [0.717, 1.165) is 11.3 Å². The quantitative estimate of drug-likeness (QED) is 0.340. The molecule has 0 saturated carbocycles. The number of benzene rings is 2. The van der Waals surface area contributed by atoms with Crippen LogP contribution in [0.4, 0.5) is 5.69 Å². The van der Waals surface area contributed by atoms with Crippen molar-refractivity contribution >= 4 is 11.9 Å². The van der Waals surface area contributed by atoms with E-state index >= 15 is 0 Å². The average Bonchev–Trinajstić information content (AvgIpc) is 2.52. The van der Waals surface area contributed by atoms with Crippen molar-refractivity contribution in [1.82, 2.24) is 0 Å². The minimum absolute atomic E-state index is 0.00856. The number of nitrogens with zero attached hydrogens (tertiary/aromatic N) is 2. The molecule has 0 fully saturated rings. The molecular formula is C16H16N2O4. The van der Waals surface area contributed by atoms with Crippen molar-refractivity contribution in [3.8, 4) is 5.75 Å². The molecule has 0 atom stereocenters. The third-order valence-corrected chi connectivity index (χ3v) is 2.86. The van der Waals surface area contributed by atoms with Gasteiger partial charge in [-0.1, -0.05) is 35.0 Å². The Labute approximate surface area is 128 Å². The van der Waals surface area contributed by atoms with Crippen molar-refractivity contribution in [3.05, 3.63) is 69.8 Å². The molecule has 0 N–H and O–H groups in total. The molecule has 0 radical (unpaired) electrons. The fraction of sp³-hybridized carbons (Fsp3) is 0.188. The molecule has 0 aliphatic heterocycles. The highest BCUT2D eigenvalue weighted by Gasteiger charge is 2.09. The van der Waals surface area contributed by atoms with Crippen LogP contribution >= 0.6 is 0 Å². The van der Waals surface area contributed by atoms with Gasteiger partial charge in [-0.2, -0.15) is 0 Å². The first kappa shape index (κ1) is 15.5. The maximum Gasteiger partial charge on any atom is 0.278 e. The van der Waals surface area contributed by atoms with E-state index in [2.05, 4.69) is 5.16 Å². The molecule has 0 amide bonds. The second kappa shape index (κ2) is 7.78. The summed E-state index contributed by atoms with van der Waals surface area (Å²) in [5, 5.41) is 14.5. The number of para-hydroxylation sites is 1. The van der Waals surface area contributed by atoms with E-state index < -0.39 is 4.92 Å². The van der Waals surface area contributed by atoms with E-state index in [1.54, 1.807) is 18.2 Å². The van der Waals surface area contributed by atoms with E-state index in [4.69, 9.17) is 9.57 Å². The second-order valence-corrected chi connectivity index (χ2v) is 4.55. The molecule has 0 heterocycles. The second-order valence-electron chi connectivity index (χ2n) is 4.55. The third kappa shape index (κ3) is 4.59. The number of oxime groups is 1. The Bertz CT molecular complexity index is 653. The summed E-state index contributed by atoms with van der Waals surface area (Å²) >= 11 is 0. The van der Waals surface area contributed by atoms with E-state index in [1.165, 1.54) is 12.3 Å². The molecule has 2 aromatic carbocycles. The molecule has 2 aromatic rings. The normalized spacial score (nSPS) is 10.6. The zero-order valence-corrected chi connectivity index (χ0v) is 12.1. The van der Waals surface area contributed by atoms with Gasteiger partial charge in [-0.25, -0.2) is 0 Å². The maximum atomic E-state index is 10.8. The van der Waals surface area contributed by atoms with Gasteiger partial charge in [0.05, 0.1) is 16.7 Å². The van der Waals surface area contributed by atoms with Crippen molar-refractivity contribution in [2.75, 3.05) is 13.2 Å². The van der Waals surface area contributed by atoms with Gasteiger partial charge in [0.2, 0.25) is 0 Å². The molecule has 6 nitrogen and oxygen atoms in total. The Morgan fingerprint density at radius 1 is 1.14 bits per heavy atom. The molecule has 0 aliphatic carbocycles. The molecule has 0 aromatic heterocycles. The first-order valence-electron chi connectivity index (χ1n) is 6.75. The van der Waals surface area contributed by atoms with Crippen molar-refractivity contribution in [2.45, 2.75) is 6.92 Å². The maximum absolute atomic E-state index is 10.8. The third-order valence-electron chi connectivity index (χ3n) is 2.86. The Hall–Kier alpha value is -2.89. The first-order chi connectivity index (χ1) is 10.7. The van der Waals surface area contributed by atoms with Crippen LogP contribution in [-0.4, -0.2) is 24.4 Å². The minimum Gasteiger partial charge on any atom is -0.490 e. The zero-order valence-electron chi connectivity index (χ0n) is 12.1. The van der Waals surface area contributed by atoms with Crippen LogP contribution in [0.1, 0.15) is 11.1 Å². The molecule has 22 heavy (non-hydrogen) atoms. The number of nitro groups is 1. The summed E-state index contributed by atoms with van der Waals surface area (Å²) in [6.07, 6.45) is 1.32. The van der Waals surface area contributed by atoms with Crippen LogP contribution in [0.3, 0.4) is 0 Å².